The predicted molar refractivity (Wildman–Crippen MR) is 86.9 cm³/mol. The van der Waals surface area contributed by atoms with E-state index >= 15 is 0 Å². The highest BCUT2D eigenvalue weighted by Gasteiger charge is 2.33. The van der Waals surface area contributed by atoms with Crippen LogP contribution in [-0.2, 0) is 10.0 Å². The van der Waals surface area contributed by atoms with E-state index in [-0.39, 0.29) is 6.04 Å². The monoisotopic (exact) mass is 327 g/mol. The van der Waals surface area contributed by atoms with E-state index in [0.717, 1.165) is 17.0 Å². The van der Waals surface area contributed by atoms with E-state index < -0.39 is 10.0 Å². The number of nitrogens with zero attached hydrogens (tertiary/aromatic N) is 1. The average molecular weight is 328 g/mol. The number of hydrogen-bond donors (Lipinski definition) is 0. The summed E-state index contributed by atoms with van der Waals surface area (Å²) in [4.78, 5) is 0.355. The van der Waals surface area contributed by atoms with Crippen molar-refractivity contribution in [2.24, 2.45) is 5.92 Å². The first-order valence-electron chi connectivity index (χ1n) is 7.25. The van der Waals surface area contributed by atoms with Crippen molar-refractivity contribution in [2.45, 2.75) is 44.6 Å². The molecule has 1 heterocycles. The minimum atomic E-state index is -3.47. The molecule has 0 spiro atoms. The predicted octanol–water partition coefficient (Wildman–Crippen LogP) is 3.93. The largest absolute Gasteiger partial charge is 0.243 e. The Hall–Kier alpha value is -0.840. The number of rotatable bonds is 4. The van der Waals surface area contributed by atoms with Gasteiger partial charge in [-0.3, -0.25) is 0 Å². The Labute approximate surface area is 132 Å². The second kappa shape index (κ2) is 6.51. The molecule has 0 aliphatic carbocycles. The summed E-state index contributed by atoms with van der Waals surface area (Å²) in [5.41, 5.74) is 1.05. The number of hydrogen-bond acceptors (Lipinski definition) is 2. The first kappa shape index (κ1) is 16.5. The maximum absolute atomic E-state index is 12.9. The van der Waals surface area contributed by atoms with Crippen molar-refractivity contribution in [3.63, 3.8) is 0 Å². The third kappa shape index (κ3) is 3.87. The Morgan fingerprint density at radius 1 is 1.29 bits per heavy atom. The molecule has 2 rings (SSSR count). The van der Waals surface area contributed by atoms with E-state index in [2.05, 4.69) is 13.8 Å². The van der Waals surface area contributed by atoms with Crippen LogP contribution in [0.4, 0.5) is 0 Å². The number of aryl methyl sites for hydroxylation is 1. The zero-order valence-electron chi connectivity index (χ0n) is 12.7. The summed E-state index contributed by atoms with van der Waals surface area (Å²) in [6, 6.07) is 6.86. The van der Waals surface area contributed by atoms with E-state index in [9.17, 15) is 8.42 Å². The Bertz CT molecular complexity index is 620. The standard InChI is InChI=1S/C16H22ClNO2S/c1-12(2)10-15-11-14(17)8-9-18(15)21(19,20)16-6-4-13(3)5-7-16/h4-7,11-12,15H,8-10H2,1-3H3/t15-/m1/s1. The van der Waals surface area contributed by atoms with Gasteiger partial charge in [0.1, 0.15) is 0 Å². The first-order valence-corrected chi connectivity index (χ1v) is 9.07. The van der Waals surface area contributed by atoms with Crippen LogP contribution >= 0.6 is 11.6 Å². The molecule has 0 N–H and O–H groups in total. The third-order valence-electron chi connectivity index (χ3n) is 3.65. The second-order valence-electron chi connectivity index (χ2n) is 5.99. The maximum atomic E-state index is 12.9. The molecule has 0 unspecified atom stereocenters. The first-order chi connectivity index (χ1) is 9.80. The molecule has 116 valence electrons. The molecule has 0 fully saturated rings. The fourth-order valence-electron chi connectivity index (χ4n) is 2.57. The van der Waals surface area contributed by atoms with Crippen LogP contribution in [0.25, 0.3) is 0 Å². The molecule has 1 aliphatic heterocycles. The molecule has 1 aromatic rings. The second-order valence-corrected chi connectivity index (χ2v) is 8.37. The lowest BCUT2D eigenvalue weighted by Gasteiger charge is -2.33. The Balaban J connectivity index is 2.35. The van der Waals surface area contributed by atoms with Gasteiger partial charge in [0.15, 0.2) is 0 Å². The fourth-order valence-corrected chi connectivity index (χ4v) is 4.39. The topological polar surface area (TPSA) is 37.4 Å². The summed E-state index contributed by atoms with van der Waals surface area (Å²) in [6.45, 7) is 6.57. The quantitative estimate of drug-likeness (QED) is 0.840. The molecule has 0 amide bonds. The smallest absolute Gasteiger partial charge is 0.207 e. The van der Waals surface area contributed by atoms with Gasteiger partial charge in [0.2, 0.25) is 10.0 Å². The number of benzene rings is 1. The molecule has 3 nitrogen and oxygen atoms in total. The molecule has 0 saturated heterocycles. The van der Waals surface area contributed by atoms with Gasteiger partial charge in [0, 0.05) is 17.6 Å². The normalized spacial score (nSPS) is 20.6. The summed E-state index contributed by atoms with van der Waals surface area (Å²) >= 11 is 6.12. The lowest BCUT2D eigenvalue weighted by molar-refractivity contribution is 0.313. The molecule has 0 bridgehead atoms. The van der Waals surface area contributed by atoms with Crippen LogP contribution in [0.5, 0.6) is 0 Å². The van der Waals surface area contributed by atoms with Crippen molar-refractivity contribution >= 4 is 21.6 Å². The van der Waals surface area contributed by atoms with Crippen LogP contribution in [0.15, 0.2) is 40.3 Å². The highest BCUT2D eigenvalue weighted by atomic mass is 35.5. The van der Waals surface area contributed by atoms with Gasteiger partial charge >= 0.3 is 0 Å². The minimum absolute atomic E-state index is 0.155. The van der Waals surface area contributed by atoms with Crippen LogP contribution < -0.4 is 0 Å². The third-order valence-corrected chi connectivity index (χ3v) is 5.91. The molecule has 0 aromatic heterocycles. The van der Waals surface area contributed by atoms with Crippen molar-refractivity contribution in [3.8, 4) is 0 Å². The fraction of sp³-hybridized carbons (Fsp3) is 0.500. The van der Waals surface area contributed by atoms with Crippen LogP contribution in [0.2, 0.25) is 0 Å². The van der Waals surface area contributed by atoms with Gasteiger partial charge in [-0.2, -0.15) is 4.31 Å². The lowest BCUT2D eigenvalue weighted by Crippen LogP contribution is -2.42. The van der Waals surface area contributed by atoms with Crippen molar-refractivity contribution in [1.82, 2.24) is 4.31 Å². The average Bonchev–Trinajstić information content (AvgIpc) is 2.38. The summed E-state index contributed by atoms with van der Waals surface area (Å²) in [7, 11) is -3.47. The van der Waals surface area contributed by atoms with Crippen LogP contribution in [-0.4, -0.2) is 25.3 Å². The van der Waals surface area contributed by atoms with Gasteiger partial charge in [-0.1, -0.05) is 49.2 Å². The highest BCUT2D eigenvalue weighted by Crippen LogP contribution is 2.29. The molecular weight excluding hydrogens is 306 g/mol. The number of halogens is 1. The molecular formula is C16H22ClNO2S. The van der Waals surface area contributed by atoms with Crippen LogP contribution in [0, 0.1) is 12.8 Å². The number of sulfonamides is 1. The van der Waals surface area contributed by atoms with Gasteiger partial charge in [-0.25, -0.2) is 8.42 Å². The summed E-state index contributed by atoms with van der Waals surface area (Å²) in [6.07, 6.45) is 3.25. The molecule has 1 aromatic carbocycles. The summed E-state index contributed by atoms with van der Waals surface area (Å²) in [5.74, 6) is 0.407. The van der Waals surface area contributed by atoms with Gasteiger partial charge < -0.3 is 0 Å². The lowest BCUT2D eigenvalue weighted by atomic mass is 10.0. The molecule has 21 heavy (non-hydrogen) atoms. The highest BCUT2D eigenvalue weighted by molar-refractivity contribution is 7.89. The molecule has 5 heteroatoms. The molecule has 0 radical (unpaired) electrons. The Morgan fingerprint density at radius 3 is 2.48 bits per heavy atom. The van der Waals surface area contributed by atoms with Gasteiger partial charge in [-0.15, -0.1) is 0 Å². The van der Waals surface area contributed by atoms with Crippen molar-refractivity contribution in [3.05, 3.63) is 40.9 Å². The Morgan fingerprint density at radius 2 is 1.90 bits per heavy atom. The van der Waals surface area contributed by atoms with E-state index in [0.29, 0.717) is 23.8 Å². The van der Waals surface area contributed by atoms with E-state index in [1.165, 1.54) is 0 Å². The SMILES string of the molecule is Cc1ccc(S(=O)(=O)N2CCC(Cl)=C[C@H]2CC(C)C)cc1. The zero-order chi connectivity index (χ0) is 15.6. The van der Waals surface area contributed by atoms with Crippen LogP contribution in [0.3, 0.4) is 0 Å². The molecule has 1 atom stereocenters. The maximum Gasteiger partial charge on any atom is 0.243 e. The zero-order valence-corrected chi connectivity index (χ0v) is 14.3. The minimum Gasteiger partial charge on any atom is -0.207 e. The van der Waals surface area contributed by atoms with Crippen molar-refractivity contribution in [1.29, 1.82) is 0 Å². The van der Waals surface area contributed by atoms with E-state index in [1.807, 2.05) is 25.1 Å². The molecule has 0 saturated carbocycles. The van der Waals surface area contributed by atoms with Gasteiger partial charge in [0.25, 0.3) is 0 Å². The van der Waals surface area contributed by atoms with Crippen LogP contribution in [0.1, 0.15) is 32.3 Å². The Kier molecular flexibility index (Phi) is 5.12. The molecule has 1 aliphatic rings. The van der Waals surface area contributed by atoms with Gasteiger partial charge in [0.05, 0.1) is 4.90 Å². The van der Waals surface area contributed by atoms with E-state index in [1.54, 1.807) is 16.4 Å². The summed E-state index contributed by atoms with van der Waals surface area (Å²) < 4.78 is 27.3. The van der Waals surface area contributed by atoms with Crippen molar-refractivity contribution in [2.75, 3.05) is 6.54 Å². The summed E-state index contributed by atoms with van der Waals surface area (Å²) in [5, 5.41) is 0.760. The van der Waals surface area contributed by atoms with Crippen molar-refractivity contribution < 1.29 is 8.42 Å². The van der Waals surface area contributed by atoms with Gasteiger partial charge in [-0.05, 0) is 37.8 Å². The van der Waals surface area contributed by atoms with E-state index in [4.69, 9.17) is 11.6 Å².